The molecular formula is C51H69Cl4F2N9O17S3. The second-order valence-corrected chi connectivity index (χ2v) is 25.8. The van der Waals surface area contributed by atoms with Crippen LogP contribution in [0.2, 0.25) is 0 Å². The number of benzene rings is 2. The number of methoxy groups -OCH3 is 2. The zero-order chi connectivity index (χ0) is 64.3. The van der Waals surface area contributed by atoms with Gasteiger partial charge in [0, 0.05) is 39.6 Å². The lowest BCUT2D eigenvalue weighted by molar-refractivity contribution is -0.137. The smallest absolute Gasteiger partial charge is 0.317 e. The molecule has 0 fully saturated rings. The molecular weight excluding hydrogens is 1290 g/mol. The minimum Gasteiger partial charge on any atom is -0.491 e. The number of fused-ring (bicyclic) bond motifs is 2. The van der Waals surface area contributed by atoms with E-state index >= 15 is 0 Å². The number of aromatic nitrogens is 2. The molecule has 4 aromatic rings. The topological polar surface area (TPSA) is 342 Å². The number of hydrogen-bond donors (Lipinski definition) is 3. The number of aliphatic carboxylic acids is 1. The van der Waals surface area contributed by atoms with Gasteiger partial charge in [-0.05, 0) is 116 Å². The van der Waals surface area contributed by atoms with Crippen molar-refractivity contribution >= 4 is 126 Å². The Morgan fingerprint density at radius 1 is 0.663 bits per heavy atom. The molecule has 0 bridgehead atoms. The van der Waals surface area contributed by atoms with Crippen LogP contribution in [0.25, 0.3) is 0 Å². The largest absolute Gasteiger partial charge is 0.491 e. The Morgan fingerprint density at radius 3 is 1.33 bits per heavy atom. The summed E-state index contributed by atoms with van der Waals surface area (Å²) < 4.78 is 108. The molecule has 26 nitrogen and oxygen atoms in total. The molecule has 0 aliphatic carbocycles. The van der Waals surface area contributed by atoms with Gasteiger partial charge in [0.2, 0.25) is 20.4 Å². The highest BCUT2D eigenvalue weighted by Crippen LogP contribution is 2.40. The summed E-state index contributed by atoms with van der Waals surface area (Å²) in [4.78, 5) is 99.6. The van der Waals surface area contributed by atoms with Gasteiger partial charge in [-0.1, -0.05) is 7.43 Å². The summed E-state index contributed by atoms with van der Waals surface area (Å²) in [5.41, 5.74) is 4.04. The molecule has 480 valence electrons. The lowest BCUT2D eigenvalue weighted by atomic mass is 10.1. The fourth-order valence-electron chi connectivity index (χ4n) is 7.58. The highest BCUT2D eigenvalue weighted by molar-refractivity contribution is 8.26. The summed E-state index contributed by atoms with van der Waals surface area (Å²) in [6.45, 7) is 4.31. The maximum Gasteiger partial charge on any atom is 0.317 e. The molecule has 35 heteroatoms. The number of anilines is 2. The van der Waals surface area contributed by atoms with E-state index in [-0.39, 0.29) is 109 Å². The molecule has 0 saturated carbocycles. The number of amides is 5. The summed E-state index contributed by atoms with van der Waals surface area (Å²) in [5.74, 6) is -7.69. The molecule has 0 saturated heterocycles. The van der Waals surface area contributed by atoms with Gasteiger partial charge in [0.1, 0.15) is 31.3 Å². The number of carbonyl (C=O) groups excluding carboxylic acids is 6. The first-order valence-electron chi connectivity index (χ1n) is 24.2. The van der Waals surface area contributed by atoms with Crippen LogP contribution in [0, 0.1) is 11.6 Å². The van der Waals surface area contributed by atoms with Crippen LogP contribution in [0.3, 0.4) is 0 Å². The molecule has 0 radical (unpaired) electrons. The summed E-state index contributed by atoms with van der Waals surface area (Å²) in [6.07, 6.45) is 1.90. The number of halogens is 6. The van der Waals surface area contributed by atoms with Crippen molar-refractivity contribution < 1.29 is 87.4 Å². The lowest BCUT2D eigenvalue weighted by Crippen LogP contribution is -2.38. The third-order valence-electron chi connectivity index (χ3n) is 10.6. The average molecular weight is 1360 g/mol. The standard InChI is InChI=1S/C23H27FN4O7S.C19H20FN3O6S.C4H8ClNO.C4H9NO2.CH4.Cl2OS.ClH/c1-6-35-21-17(34-4)10-9-14(26-21)16(12-36(5,32)33)28-22(30)19-13(24)7-8-15(20(19)23(28)31)25-18(29)11-27(2)3;1-4-29-17-14(28-2)8-7-12(22-17)13(9-30(3,26)27)23-18(24)15-10(20)5-6-11(21)16(15)19(23)25;1-6(2)3-4(5)7;1-5(2)3-4(6)7;;1-4(2)3;/h7-10,16H,6,11-12H2,1-5H3,(H,25,29);5-8,13H,4,9,21H2,1-3H3;3H2,1-2H3;3H2,1-2H3,(H,6,7);1H4;;1H. The van der Waals surface area contributed by atoms with E-state index in [0.29, 0.717) is 16.3 Å². The van der Waals surface area contributed by atoms with Gasteiger partial charge in [0.15, 0.2) is 11.5 Å². The minimum atomic E-state index is -3.76. The fourth-order valence-corrected chi connectivity index (χ4v) is 9.60. The van der Waals surface area contributed by atoms with Gasteiger partial charge in [0.25, 0.3) is 35.4 Å². The van der Waals surface area contributed by atoms with Crippen molar-refractivity contribution in [1.82, 2.24) is 34.5 Å². The predicted octanol–water partition coefficient (Wildman–Crippen LogP) is 5.15. The molecule has 86 heavy (non-hydrogen) atoms. The molecule has 2 aliphatic heterocycles. The number of likely N-dealkylation sites (N-methyl/N-ethyl adjacent to an activating group) is 3. The quantitative estimate of drug-likeness (QED) is 0.0551. The summed E-state index contributed by atoms with van der Waals surface area (Å²) in [5, 5.41) is 10.3. The molecule has 2 aliphatic rings. The van der Waals surface area contributed by atoms with E-state index in [1.54, 1.807) is 70.8 Å². The summed E-state index contributed by atoms with van der Waals surface area (Å²) >= 11 is 4.99. The fraction of sp³-hybridized carbons (Fsp3) is 0.431. The van der Waals surface area contributed by atoms with Crippen LogP contribution in [0.5, 0.6) is 23.3 Å². The van der Waals surface area contributed by atoms with Crippen LogP contribution in [0.4, 0.5) is 20.2 Å². The van der Waals surface area contributed by atoms with E-state index in [1.807, 2.05) is 0 Å². The first-order chi connectivity index (χ1) is 38.9. The molecule has 4 N–H and O–H groups in total. The number of rotatable bonds is 21. The van der Waals surface area contributed by atoms with E-state index in [1.165, 1.54) is 50.6 Å². The molecule has 2 aromatic carbocycles. The number of nitrogens with one attached hydrogen (secondary N) is 1. The number of nitrogens with zero attached hydrogens (tertiary/aromatic N) is 7. The average Bonchev–Trinajstić information content (AvgIpc) is 1.78. The molecule has 5 amide bonds. The van der Waals surface area contributed by atoms with E-state index in [4.69, 9.17) is 45.6 Å². The van der Waals surface area contributed by atoms with Gasteiger partial charge in [-0.15, -0.1) is 12.4 Å². The highest BCUT2D eigenvalue weighted by atomic mass is 36.0. The first-order valence-corrected chi connectivity index (χ1v) is 31.5. The van der Waals surface area contributed by atoms with Crippen LogP contribution in [0.1, 0.15) is 86.2 Å². The number of hydrogen-bond acceptors (Lipinski definition) is 22. The number of sulfone groups is 2. The number of carbonyl (C=O) groups is 7. The number of imide groups is 2. The molecule has 2 unspecified atom stereocenters. The van der Waals surface area contributed by atoms with Crippen LogP contribution in [0.15, 0.2) is 48.5 Å². The van der Waals surface area contributed by atoms with Crippen molar-refractivity contribution in [1.29, 1.82) is 0 Å². The number of nitrogen functional groups attached to an aromatic ring is 1. The molecule has 2 atom stereocenters. The van der Waals surface area contributed by atoms with Gasteiger partial charge in [-0.25, -0.2) is 39.8 Å². The number of ether oxygens (including phenoxy) is 4. The maximum absolute atomic E-state index is 14.8. The zero-order valence-electron chi connectivity index (χ0n) is 47.9. The minimum absolute atomic E-state index is 0. The Hall–Kier alpha value is -6.42. The summed E-state index contributed by atoms with van der Waals surface area (Å²) in [7, 11) is 13.1. The Bertz CT molecular complexity index is 3270. The number of pyridine rings is 2. The number of carboxylic acids is 1. The first kappa shape index (κ1) is 79.6. The molecule has 6 rings (SSSR count). The van der Waals surface area contributed by atoms with Crippen LogP contribution in [-0.4, -0.2) is 215 Å². The normalized spacial score (nSPS) is 13.0. The van der Waals surface area contributed by atoms with Gasteiger partial charge < -0.3 is 44.9 Å². The second-order valence-electron chi connectivity index (χ2n) is 18.5. The molecule has 2 aromatic heterocycles. The molecule has 0 spiro atoms. The van der Waals surface area contributed by atoms with E-state index in [0.717, 1.165) is 24.6 Å². The van der Waals surface area contributed by atoms with Crippen molar-refractivity contribution in [2.45, 2.75) is 33.4 Å². The van der Waals surface area contributed by atoms with Crippen molar-refractivity contribution in [3.8, 4) is 23.3 Å². The van der Waals surface area contributed by atoms with Gasteiger partial charge in [-0.2, -0.15) is 0 Å². The van der Waals surface area contributed by atoms with E-state index in [2.05, 4.69) is 36.6 Å². The Labute approximate surface area is 520 Å². The van der Waals surface area contributed by atoms with Crippen molar-refractivity contribution in [3.63, 3.8) is 0 Å². The lowest BCUT2D eigenvalue weighted by Gasteiger charge is -2.26. The van der Waals surface area contributed by atoms with Gasteiger partial charge >= 0.3 is 5.97 Å². The van der Waals surface area contributed by atoms with Crippen molar-refractivity contribution in [2.75, 3.05) is 124 Å². The molecule has 4 heterocycles. The van der Waals surface area contributed by atoms with E-state index in [9.17, 15) is 59.2 Å². The summed E-state index contributed by atoms with van der Waals surface area (Å²) in [6, 6.07) is 7.34. The zero-order valence-corrected chi connectivity index (χ0v) is 53.5. The van der Waals surface area contributed by atoms with Crippen molar-refractivity contribution in [3.05, 3.63) is 93.8 Å². The van der Waals surface area contributed by atoms with Crippen LogP contribution in [-0.2, 0) is 43.3 Å². The maximum atomic E-state index is 14.8. The van der Waals surface area contributed by atoms with Crippen molar-refractivity contribution in [2.24, 2.45) is 0 Å². The van der Waals surface area contributed by atoms with E-state index < -0.39 is 111 Å². The predicted molar refractivity (Wildman–Crippen MR) is 324 cm³/mol. The number of nitrogens with two attached hydrogens (primary N) is 1. The van der Waals surface area contributed by atoms with Gasteiger partial charge in [0.05, 0.1) is 110 Å². The Kier molecular flexibility index (Phi) is 33.3. The Morgan fingerprint density at radius 2 is 1.02 bits per heavy atom. The highest BCUT2D eigenvalue weighted by Gasteiger charge is 2.47. The second kappa shape index (κ2) is 36.0. The SMILES string of the molecule is C.CCOc1nc(C(CS(C)(=O)=O)N2C(=O)c3c(F)ccc(NC(=O)CN(C)C)c3C2=O)ccc1OC.CCOc1nc(C(CS(C)(=O)=O)N2C(=O)c3c(N)ccc(F)c3C2=O)ccc1OC.CN(C)CC(=O)Cl.CN(C)CC(=O)O.Cl.O=S(Cl)Cl. The van der Waals surface area contributed by atoms with Gasteiger partial charge in [-0.3, -0.25) is 48.3 Å². The number of carboxylic acid groups (broad SMARTS) is 1. The van der Waals surface area contributed by atoms with Crippen LogP contribution < -0.4 is 30.0 Å². The monoisotopic (exact) mass is 1350 g/mol. The van der Waals surface area contributed by atoms with Crippen LogP contribution >= 0.6 is 45.4 Å². The Balaban J connectivity index is 0.00000129. The third-order valence-corrected chi connectivity index (χ3v) is 12.6. The third kappa shape index (κ3) is 24.0.